The standard InChI is InChI=1S/C18H18N2O3/c19-15-6-3-5-14(12-15)18(22)23-11-9-17(21)20-10-8-13-4-1-2-7-16(13)20/h1-7,12H,8-11,19H2. The van der Waals surface area contributed by atoms with Crippen LogP contribution in [0.5, 0.6) is 0 Å². The molecule has 0 fully saturated rings. The lowest BCUT2D eigenvalue weighted by molar-refractivity contribution is -0.119. The van der Waals surface area contributed by atoms with Gasteiger partial charge in [0.25, 0.3) is 0 Å². The molecule has 0 saturated heterocycles. The van der Waals surface area contributed by atoms with E-state index in [9.17, 15) is 9.59 Å². The average molecular weight is 310 g/mol. The Hall–Kier alpha value is -2.82. The molecule has 0 bridgehead atoms. The number of ether oxygens (including phenoxy) is 1. The lowest BCUT2D eigenvalue weighted by Gasteiger charge is -2.17. The third kappa shape index (κ3) is 3.34. The van der Waals surface area contributed by atoms with Crippen LogP contribution < -0.4 is 10.6 Å². The fourth-order valence-corrected chi connectivity index (χ4v) is 2.71. The van der Waals surface area contributed by atoms with Gasteiger partial charge < -0.3 is 15.4 Å². The number of rotatable bonds is 4. The van der Waals surface area contributed by atoms with E-state index in [1.165, 1.54) is 5.56 Å². The minimum atomic E-state index is -0.466. The van der Waals surface area contributed by atoms with E-state index in [0.29, 0.717) is 17.8 Å². The molecule has 23 heavy (non-hydrogen) atoms. The van der Waals surface area contributed by atoms with E-state index in [1.54, 1.807) is 29.2 Å². The van der Waals surface area contributed by atoms with E-state index >= 15 is 0 Å². The summed E-state index contributed by atoms with van der Waals surface area (Å²) >= 11 is 0. The van der Waals surface area contributed by atoms with Crippen LogP contribution in [-0.2, 0) is 16.0 Å². The smallest absolute Gasteiger partial charge is 0.338 e. The van der Waals surface area contributed by atoms with Crippen molar-refractivity contribution in [3.05, 3.63) is 59.7 Å². The number of hydrogen-bond donors (Lipinski definition) is 1. The molecule has 0 radical (unpaired) electrons. The van der Waals surface area contributed by atoms with Crippen LogP contribution in [0, 0.1) is 0 Å². The predicted molar refractivity (Wildman–Crippen MR) is 88.3 cm³/mol. The van der Waals surface area contributed by atoms with Crippen LogP contribution in [0.3, 0.4) is 0 Å². The highest BCUT2D eigenvalue weighted by Crippen LogP contribution is 2.27. The summed E-state index contributed by atoms with van der Waals surface area (Å²) in [7, 11) is 0. The molecule has 0 atom stereocenters. The Morgan fingerprint density at radius 2 is 1.96 bits per heavy atom. The number of amides is 1. The predicted octanol–water partition coefficient (Wildman–Crippen LogP) is 2.41. The van der Waals surface area contributed by atoms with Crippen LogP contribution in [0.2, 0.25) is 0 Å². The van der Waals surface area contributed by atoms with Gasteiger partial charge >= 0.3 is 5.97 Å². The first kappa shape index (κ1) is 15.1. The Balaban J connectivity index is 1.53. The first-order valence-electron chi connectivity index (χ1n) is 7.56. The molecule has 1 amide bonds. The maximum absolute atomic E-state index is 12.3. The minimum absolute atomic E-state index is 0.0321. The van der Waals surface area contributed by atoms with Crippen LogP contribution >= 0.6 is 0 Å². The molecular formula is C18H18N2O3. The van der Waals surface area contributed by atoms with Crippen molar-refractivity contribution < 1.29 is 14.3 Å². The molecule has 0 saturated carbocycles. The first-order valence-corrected chi connectivity index (χ1v) is 7.56. The summed E-state index contributed by atoms with van der Waals surface area (Å²) in [5, 5.41) is 0. The van der Waals surface area contributed by atoms with Crippen LogP contribution in [0.25, 0.3) is 0 Å². The number of fused-ring (bicyclic) bond motifs is 1. The summed E-state index contributed by atoms with van der Waals surface area (Å²) in [5.41, 5.74) is 8.67. The monoisotopic (exact) mass is 310 g/mol. The number of para-hydroxylation sites is 1. The SMILES string of the molecule is Nc1cccc(C(=O)OCCC(=O)N2CCc3ccccc32)c1. The average Bonchev–Trinajstić information content (AvgIpc) is 2.98. The molecule has 1 heterocycles. The Kier molecular flexibility index (Phi) is 4.28. The summed E-state index contributed by atoms with van der Waals surface area (Å²) in [5.74, 6) is -0.498. The number of benzene rings is 2. The van der Waals surface area contributed by atoms with Gasteiger partial charge in [0.05, 0.1) is 12.0 Å². The fraction of sp³-hybridized carbons (Fsp3) is 0.222. The van der Waals surface area contributed by atoms with Crippen LogP contribution in [0.4, 0.5) is 11.4 Å². The van der Waals surface area contributed by atoms with E-state index in [-0.39, 0.29) is 18.9 Å². The van der Waals surface area contributed by atoms with Gasteiger partial charge in [-0.1, -0.05) is 24.3 Å². The normalized spacial score (nSPS) is 12.8. The second-order valence-corrected chi connectivity index (χ2v) is 5.44. The number of carbonyl (C=O) groups is 2. The Morgan fingerprint density at radius 3 is 2.78 bits per heavy atom. The highest BCUT2D eigenvalue weighted by molar-refractivity contribution is 5.96. The first-order chi connectivity index (χ1) is 11.1. The molecular weight excluding hydrogens is 292 g/mol. The van der Waals surface area contributed by atoms with Crippen molar-refractivity contribution in [2.45, 2.75) is 12.8 Å². The molecule has 1 aliphatic rings. The van der Waals surface area contributed by atoms with Gasteiger partial charge in [0.15, 0.2) is 0 Å². The fourth-order valence-electron chi connectivity index (χ4n) is 2.71. The zero-order valence-corrected chi connectivity index (χ0v) is 12.7. The zero-order chi connectivity index (χ0) is 16.2. The number of esters is 1. The highest BCUT2D eigenvalue weighted by atomic mass is 16.5. The van der Waals surface area contributed by atoms with Gasteiger partial charge in [-0.15, -0.1) is 0 Å². The molecule has 0 unspecified atom stereocenters. The molecule has 5 nitrogen and oxygen atoms in total. The van der Waals surface area contributed by atoms with Gasteiger partial charge in [-0.2, -0.15) is 0 Å². The van der Waals surface area contributed by atoms with E-state index in [4.69, 9.17) is 10.5 Å². The minimum Gasteiger partial charge on any atom is -0.462 e. The number of nitrogen functional groups attached to an aromatic ring is 1. The van der Waals surface area contributed by atoms with Crippen LogP contribution in [0.15, 0.2) is 48.5 Å². The van der Waals surface area contributed by atoms with Crippen LogP contribution in [-0.4, -0.2) is 25.0 Å². The molecule has 2 N–H and O–H groups in total. The van der Waals surface area contributed by atoms with E-state index < -0.39 is 5.97 Å². The van der Waals surface area contributed by atoms with Crippen molar-refractivity contribution in [2.75, 3.05) is 23.8 Å². The zero-order valence-electron chi connectivity index (χ0n) is 12.7. The Morgan fingerprint density at radius 1 is 1.13 bits per heavy atom. The lowest BCUT2D eigenvalue weighted by Crippen LogP contribution is -2.29. The van der Waals surface area contributed by atoms with Crippen molar-refractivity contribution in [2.24, 2.45) is 0 Å². The van der Waals surface area contributed by atoms with Gasteiger partial charge in [0.1, 0.15) is 6.61 Å². The van der Waals surface area contributed by atoms with Gasteiger partial charge in [0, 0.05) is 17.9 Å². The van der Waals surface area contributed by atoms with Gasteiger partial charge in [-0.05, 0) is 36.2 Å². The molecule has 0 spiro atoms. The summed E-state index contributed by atoms with van der Waals surface area (Å²) in [6, 6.07) is 14.5. The van der Waals surface area contributed by atoms with E-state index in [0.717, 1.165) is 12.1 Å². The van der Waals surface area contributed by atoms with Gasteiger partial charge in [0.2, 0.25) is 5.91 Å². The number of nitrogens with zero attached hydrogens (tertiary/aromatic N) is 1. The Labute approximate surface area is 134 Å². The molecule has 1 aliphatic heterocycles. The van der Waals surface area contributed by atoms with E-state index in [1.807, 2.05) is 24.3 Å². The lowest BCUT2D eigenvalue weighted by atomic mass is 10.2. The summed E-state index contributed by atoms with van der Waals surface area (Å²) in [6.07, 6.45) is 1.04. The number of nitrogens with two attached hydrogens (primary N) is 1. The van der Waals surface area contributed by atoms with Crippen molar-refractivity contribution in [3.63, 3.8) is 0 Å². The highest BCUT2D eigenvalue weighted by Gasteiger charge is 2.23. The molecule has 0 aromatic heterocycles. The van der Waals surface area contributed by atoms with Crippen molar-refractivity contribution >= 4 is 23.3 Å². The van der Waals surface area contributed by atoms with Crippen molar-refractivity contribution in [1.82, 2.24) is 0 Å². The second-order valence-electron chi connectivity index (χ2n) is 5.44. The van der Waals surface area contributed by atoms with Gasteiger partial charge in [-0.3, -0.25) is 4.79 Å². The van der Waals surface area contributed by atoms with E-state index in [2.05, 4.69) is 0 Å². The third-order valence-electron chi connectivity index (χ3n) is 3.86. The quantitative estimate of drug-likeness (QED) is 0.695. The largest absolute Gasteiger partial charge is 0.462 e. The van der Waals surface area contributed by atoms with Crippen molar-refractivity contribution in [1.29, 1.82) is 0 Å². The molecule has 5 heteroatoms. The Bertz CT molecular complexity index is 743. The molecule has 0 aliphatic carbocycles. The maximum atomic E-state index is 12.3. The summed E-state index contributed by atoms with van der Waals surface area (Å²) in [6.45, 7) is 0.743. The molecule has 2 aromatic carbocycles. The molecule has 3 rings (SSSR count). The van der Waals surface area contributed by atoms with Gasteiger partial charge in [-0.25, -0.2) is 4.79 Å². The molecule has 2 aromatic rings. The van der Waals surface area contributed by atoms with Crippen LogP contribution in [0.1, 0.15) is 22.3 Å². The number of anilines is 2. The number of carbonyl (C=O) groups excluding carboxylic acids is 2. The second kappa shape index (κ2) is 6.52. The summed E-state index contributed by atoms with van der Waals surface area (Å²) in [4.78, 5) is 25.9. The maximum Gasteiger partial charge on any atom is 0.338 e. The number of hydrogen-bond acceptors (Lipinski definition) is 4. The van der Waals surface area contributed by atoms with Crippen molar-refractivity contribution in [3.8, 4) is 0 Å². The molecule has 118 valence electrons. The summed E-state index contributed by atoms with van der Waals surface area (Å²) < 4.78 is 5.16. The topological polar surface area (TPSA) is 72.6 Å². The third-order valence-corrected chi connectivity index (χ3v) is 3.86.